The lowest BCUT2D eigenvalue weighted by Crippen LogP contribution is -2.45. The van der Waals surface area contributed by atoms with Crippen LogP contribution < -0.4 is 5.73 Å². The molecule has 0 radical (unpaired) electrons. The monoisotopic (exact) mass is 274 g/mol. The van der Waals surface area contributed by atoms with Gasteiger partial charge in [0, 0.05) is 13.1 Å². The molecule has 0 aromatic carbocycles. The molecule has 17 heavy (non-hydrogen) atoms. The van der Waals surface area contributed by atoms with E-state index in [0.717, 1.165) is 4.31 Å². The average Bonchev–Trinajstić information content (AvgIpc) is 2.25. The molecule has 1 rings (SSSR count). The third-order valence-electron chi connectivity index (χ3n) is 2.85. The van der Waals surface area contributed by atoms with Gasteiger partial charge >= 0.3 is 6.18 Å². The number of piperidine rings is 1. The van der Waals surface area contributed by atoms with Crippen LogP contribution in [-0.2, 0) is 10.0 Å². The molecule has 0 amide bonds. The van der Waals surface area contributed by atoms with Crippen molar-refractivity contribution in [1.29, 1.82) is 0 Å². The zero-order valence-corrected chi connectivity index (χ0v) is 10.2. The topological polar surface area (TPSA) is 63.4 Å². The highest BCUT2D eigenvalue weighted by Crippen LogP contribution is 2.33. The normalized spacial score (nSPS) is 23.9. The van der Waals surface area contributed by atoms with Gasteiger partial charge in [-0.15, -0.1) is 0 Å². The van der Waals surface area contributed by atoms with Crippen LogP contribution in [0.2, 0.25) is 0 Å². The Morgan fingerprint density at radius 1 is 1.35 bits per heavy atom. The van der Waals surface area contributed by atoms with Crippen LogP contribution in [0.3, 0.4) is 0 Å². The first kappa shape index (κ1) is 14.7. The molecule has 8 heteroatoms. The number of alkyl halides is 3. The van der Waals surface area contributed by atoms with Crippen molar-refractivity contribution in [2.45, 2.75) is 25.4 Å². The molecule has 1 unspecified atom stereocenters. The molecule has 0 aromatic rings. The molecule has 0 spiro atoms. The lowest BCUT2D eigenvalue weighted by atomic mass is 9.99. The maximum Gasteiger partial charge on any atom is 0.393 e. The standard InChI is InChI=1S/C9H17F3N2O2S/c10-9(11,12)8-3-1-5-14(7-8)17(15,16)6-2-4-13/h8H,1-7,13H2. The van der Waals surface area contributed by atoms with Crippen LogP contribution in [0.5, 0.6) is 0 Å². The summed E-state index contributed by atoms with van der Waals surface area (Å²) in [5, 5.41) is 0. The molecule has 102 valence electrons. The summed E-state index contributed by atoms with van der Waals surface area (Å²) in [4.78, 5) is 0. The predicted octanol–water partition coefficient (Wildman–Crippen LogP) is 0.939. The molecule has 0 aliphatic carbocycles. The predicted molar refractivity (Wildman–Crippen MR) is 57.8 cm³/mol. The average molecular weight is 274 g/mol. The van der Waals surface area contributed by atoms with E-state index in [1.165, 1.54) is 0 Å². The second-order valence-corrected chi connectivity index (χ2v) is 6.29. The van der Waals surface area contributed by atoms with E-state index in [9.17, 15) is 21.6 Å². The summed E-state index contributed by atoms with van der Waals surface area (Å²) < 4.78 is 61.9. The van der Waals surface area contributed by atoms with Crippen molar-refractivity contribution in [2.24, 2.45) is 11.7 Å². The zero-order valence-electron chi connectivity index (χ0n) is 9.41. The Morgan fingerprint density at radius 3 is 2.53 bits per heavy atom. The van der Waals surface area contributed by atoms with Crippen LogP contribution in [-0.4, -0.2) is 44.3 Å². The van der Waals surface area contributed by atoms with E-state index >= 15 is 0 Å². The molecular weight excluding hydrogens is 257 g/mol. The fraction of sp³-hybridized carbons (Fsp3) is 1.00. The summed E-state index contributed by atoms with van der Waals surface area (Å²) in [7, 11) is -3.59. The molecule has 1 aliphatic rings. The van der Waals surface area contributed by atoms with Crippen LogP contribution >= 0.6 is 0 Å². The van der Waals surface area contributed by atoms with Gasteiger partial charge in [-0.2, -0.15) is 13.2 Å². The molecule has 1 atom stereocenters. The number of sulfonamides is 1. The summed E-state index contributed by atoms with van der Waals surface area (Å²) in [6.45, 7) is -0.0499. The van der Waals surface area contributed by atoms with Crippen molar-refractivity contribution in [3.05, 3.63) is 0 Å². The molecule has 0 bridgehead atoms. The van der Waals surface area contributed by atoms with Crippen molar-refractivity contribution in [3.63, 3.8) is 0 Å². The Bertz CT molecular complexity index is 343. The summed E-state index contributed by atoms with van der Waals surface area (Å²) in [5.74, 6) is -1.71. The quantitative estimate of drug-likeness (QED) is 0.830. The minimum atomic E-state index is -4.32. The highest BCUT2D eigenvalue weighted by molar-refractivity contribution is 7.89. The Kier molecular flexibility index (Phi) is 4.79. The van der Waals surface area contributed by atoms with E-state index in [0.29, 0.717) is 0 Å². The minimum absolute atomic E-state index is 0.00636. The summed E-state index contributed by atoms with van der Waals surface area (Å²) in [6, 6.07) is 0. The Labute approximate surface area is 99.0 Å². The van der Waals surface area contributed by atoms with E-state index < -0.39 is 28.7 Å². The van der Waals surface area contributed by atoms with Gasteiger partial charge in [-0.1, -0.05) is 0 Å². The van der Waals surface area contributed by atoms with Crippen LogP contribution in [0.15, 0.2) is 0 Å². The number of nitrogens with zero attached hydrogens (tertiary/aromatic N) is 1. The fourth-order valence-corrected chi connectivity index (χ4v) is 3.46. The maximum atomic E-state index is 12.5. The minimum Gasteiger partial charge on any atom is -0.330 e. The molecule has 1 heterocycles. The largest absolute Gasteiger partial charge is 0.393 e. The van der Waals surface area contributed by atoms with Crippen molar-refractivity contribution >= 4 is 10.0 Å². The zero-order chi connectivity index (χ0) is 13.1. The molecule has 0 saturated carbocycles. The molecule has 2 N–H and O–H groups in total. The molecular formula is C9H17F3N2O2S. The number of hydrogen-bond acceptors (Lipinski definition) is 3. The van der Waals surface area contributed by atoms with Gasteiger partial charge in [0.15, 0.2) is 0 Å². The maximum absolute atomic E-state index is 12.5. The van der Waals surface area contributed by atoms with Crippen LogP contribution in [0, 0.1) is 5.92 Å². The summed E-state index contributed by atoms with van der Waals surface area (Å²) >= 11 is 0. The second-order valence-electron chi connectivity index (χ2n) is 4.20. The van der Waals surface area contributed by atoms with E-state index in [4.69, 9.17) is 5.73 Å². The SMILES string of the molecule is NCCCS(=O)(=O)N1CCCC(C(F)(F)F)C1. The van der Waals surface area contributed by atoms with Gasteiger partial charge in [0.1, 0.15) is 0 Å². The van der Waals surface area contributed by atoms with Gasteiger partial charge < -0.3 is 5.73 Å². The molecule has 0 aromatic heterocycles. The smallest absolute Gasteiger partial charge is 0.330 e. The lowest BCUT2D eigenvalue weighted by molar-refractivity contribution is -0.182. The summed E-state index contributed by atoms with van der Waals surface area (Å²) in [5.41, 5.74) is 5.20. The van der Waals surface area contributed by atoms with Gasteiger partial charge in [0.2, 0.25) is 10.0 Å². The van der Waals surface area contributed by atoms with Crippen LogP contribution in [0.1, 0.15) is 19.3 Å². The Hall–Kier alpha value is -0.340. The lowest BCUT2D eigenvalue weighted by Gasteiger charge is -2.32. The van der Waals surface area contributed by atoms with Gasteiger partial charge in [0.25, 0.3) is 0 Å². The first-order chi connectivity index (χ1) is 7.77. The van der Waals surface area contributed by atoms with Gasteiger partial charge in [0.05, 0.1) is 11.7 Å². The first-order valence-electron chi connectivity index (χ1n) is 5.52. The first-order valence-corrected chi connectivity index (χ1v) is 7.13. The number of halogens is 3. The van der Waals surface area contributed by atoms with Crippen molar-refractivity contribution < 1.29 is 21.6 Å². The van der Waals surface area contributed by atoms with E-state index in [1.54, 1.807) is 0 Å². The number of nitrogens with two attached hydrogens (primary N) is 1. The van der Waals surface area contributed by atoms with Gasteiger partial charge in [-0.25, -0.2) is 12.7 Å². The summed E-state index contributed by atoms with van der Waals surface area (Å²) in [6.07, 6.45) is -3.78. The van der Waals surface area contributed by atoms with E-state index in [-0.39, 0.29) is 38.1 Å². The van der Waals surface area contributed by atoms with E-state index in [2.05, 4.69) is 0 Å². The van der Waals surface area contributed by atoms with Crippen molar-refractivity contribution in [1.82, 2.24) is 4.31 Å². The number of rotatable bonds is 4. The Balaban J connectivity index is 2.66. The van der Waals surface area contributed by atoms with Gasteiger partial charge in [-0.05, 0) is 25.8 Å². The van der Waals surface area contributed by atoms with Crippen molar-refractivity contribution in [3.8, 4) is 0 Å². The van der Waals surface area contributed by atoms with Crippen LogP contribution in [0.4, 0.5) is 13.2 Å². The Morgan fingerprint density at radius 2 is 2.00 bits per heavy atom. The fourth-order valence-electron chi connectivity index (χ4n) is 1.86. The molecule has 1 fully saturated rings. The number of hydrogen-bond donors (Lipinski definition) is 1. The third-order valence-corrected chi connectivity index (χ3v) is 4.77. The third kappa shape index (κ3) is 4.11. The highest BCUT2D eigenvalue weighted by Gasteiger charge is 2.43. The van der Waals surface area contributed by atoms with Crippen LogP contribution in [0.25, 0.3) is 0 Å². The highest BCUT2D eigenvalue weighted by atomic mass is 32.2. The second kappa shape index (κ2) is 5.53. The molecule has 1 saturated heterocycles. The molecule has 4 nitrogen and oxygen atoms in total. The van der Waals surface area contributed by atoms with Crippen molar-refractivity contribution in [2.75, 3.05) is 25.4 Å². The molecule has 1 aliphatic heterocycles. The van der Waals surface area contributed by atoms with E-state index in [1.807, 2.05) is 0 Å². The van der Waals surface area contributed by atoms with Gasteiger partial charge in [-0.3, -0.25) is 0 Å².